The first-order chi connectivity index (χ1) is 19.2. The summed E-state index contributed by atoms with van der Waals surface area (Å²) in [6.07, 6.45) is 5.55. The SMILES string of the molecule is C=C1N=C(c2ccc(Cl)nc2)N(C2=C(OC)C=CCC2OC)C(O)=C1C(=O)N1CCC(c2ccc(F)cc2F)C1. The van der Waals surface area contributed by atoms with Crippen LogP contribution in [0, 0.1) is 11.6 Å². The van der Waals surface area contributed by atoms with Crippen molar-refractivity contribution in [2.75, 3.05) is 27.3 Å². The molecule has 1 N–H and O–H groups in total. The average Bonchev–Trinajstić information content (AvgIpc) is 3.43. The molecule has 1 amide bonds. The standard InChI is InChI=1S/C29H27ClF2N4O4/c1-16-25(28(37)35-12-11-18(15-35)20-9-8-19(31)13-21(20)32)29(38)36(26-22(39-2)5-4-6-23(26)40-3)27(34-16)17-7-10-24(30)33-14-17/h4-5,7-10,13-14,18,23,38H,1,6,11-12,15H2,2-3H3. The summed E-state index contributed by atoms with van der Waals surface area (Å²) >= 11 is 6.00. The van der Waals surface area contributed by atoms with Crippen LogP contribution < -0.4 is 0 Å². The fourth-order valence-electron chi connectivity index (χ4n) is 5.20. The molecule has 40 heavy (non-hydrogen) atoms. The van der Waals surface area contributed by atoms with Crippen molar-refractivity contribution >= 4 is 23.3 Å². The summed E-state index contributed by atoms with van der Waals surface area (Å²) < 4.78 is 39.2. The fraction of sp³-hybridized carbons (Fsp3) is 0.276. The summed E-state index contributed by atoms with van der Waals surface area (Å²) in [7, 11) is 3.03. The number of carbonyl (C=O) groups excluding carboxylic acids is 1. The Labute approximate surface area is 235 Å². The van der Waals surface area contributed by atoms with Crippen molar-refractivity contribution < 1.29 is 28.2 Å². The fourth-order valence-corrected chi connectivity index (χ4v) is 5.31. The van der Waals surface area contributed by atoms with E-state index in [0.717, 1.165) is 6.07 Å². The normalized spacial score (nSPS) is 21.3. The van der Waals surface area contributed by atoms with Gasteiger partial charge in [-0.25, -0.2) is 18.8 Å². The number of amides is 1. The maximum atomic E-state index is 14.5. The molecular weight excluding hydrogens is 542 g/mol. The van der Waals surface area contributed by atoms with Crippen LogP contribution in [-0.4, -0.2) is 65.0 Å². The number of halogens is 3. The van der Waals surface area contributed by atoms with Crippen LogP contribution in [0.4, 0.5) is 8.78 Å². The number of benzene rings is 1. The van der Waals surface area contributed by atoms with E-state index in [1.54, 1.807) is 18.2 Å². The number of nitrogens with zero attached hydrogens (tertiary/aromatic N) is 4. The molecular formula is C29H27ClF2N4O4. The van der Waals surface area contributed by atoms with Crippen LogP contribution in [0.25, 0.3) is 0 Å². The van der Waals surface area contributed by atoms with Gasteiger partial charge in [0.25, 0.3) is 5.91 Å². The lowest BCUT2D eigenvalue weighted by molar-refractivity contribution is -0.126. The minimum atomic E-state index is -0.665. The molecule has 8 nitrogen and oxygen atoms in total. The Kier molecular flexibility index (Phi) is 7.73. The van der Waals surface area contributed by atoms with Crippen molar-refractivity contribution in [1.82, 2.24) is 14.8 Å². The van der Waals surface area contributed by atoms with Gasteiger partial charge < -0.3 is 19.5 Å². The van der Waals surface area contributed by atoms with E-state index in [0.29, 0.717) is 42.0 Å². The number of ether oxygens (including phenoxy) is 2. The number of amidine groups is 1. The number of aliphatic hydroxyl groups is 1. The minimum Gasteiger partial charge on any atom is -0.495 e. The maximum absolute atomic E-state index is 14.5. The Morgan fingerprint density at radius 3 is 2.70 bits per heavy atom. The second-order valence-electron chi connectivity index (χ2n) is 9.50. The third kappa shape index (κ3) is 5.00. The Morgan fingerprint density at radius 2 is 2.02 bits per heavy atom. The average molecular weight is 569 g/mol. The van der Waals surface area contributed by atoms with Crippen molar-refractivity contribution in [2.45, 2.75) is 24.9 Å². The molecule has 1 fully saturated rings. The molecule has 208 valence electrons. The van der Waals surface area contributed by atoms with E-state index in [9.17, 15) is 18.7 Å². The number of allylic oxidation sites excluding steroid dienone is 1. The summed E-state index contributed by atoms with van der Waals surface area (Å²) in [5, 5.41) is 12.0. The summed E-state index contributed by atoms with van der Waals surface area (Å²) in [6.45, 7) is 4.45. The molecule has 1 aromatic carbocycles. The zero-order valence-corrected chi connectivity index (χ0v) is 22.7. The highest BCUT2D eigenvalue weighted by Crippen LogP contribution is 2.37. The molecule has 0 spiro atoms. The van der Waals surface area contributed by atoms with Gasteiger partial charge in [0.1, 0.15) is 40.1 Å². The molecule has 5 rings (SSSR count). The Morgan fingerprint density at radius 1 is 1.23 bits per heavy atom. The largest absolute Gasteiger partial charge is 0.495 e. The highest BCUT2D eigenvalue weighted by Gasteiger charge is 2.40. The van der Waals surface area contributed by atoms with Gasteiger partial charge in [-0.2, -0.15) is 0 Å². The van der Waals surface area contributed by atoms with Gasteiger partial charge in [0, 0.05) is 43.9 Å². The van der Waals surface area contributed by atoms with Crippen LogP contribution in [0.3, 0.4) is 0 Å². The first kappa shape index (κ1) is 27.5. The number of carbonyl (C=O) groups is 1. The lowest BCUT2D eigenvalue weighted by Gasteiger charge is -2.37. The highest BCUT2D eigenvalue weighted by molar-refractivity contribution is 6.29. The van der Waals surface area contributed by atoms with Crippen LogP contribution >= 0.6 is 11.6 Å². The molecule has 0 saturated carbocycles. The summed E-state index contributed by atoms with van der Waals surface area (Å²) in [5.74, 6) is -1.92. The molecule has 2 unspecified atom stereocenters. The molecule has 2 atom stereocenters. The molecule has 2 aliphatic heterocycles. The monoisotopic (exact) mass is 568 g/mol. The van der Waals surface area contributed by atoms with Crippen LogP contribution in [0.15, 0.2) is 88.9 Å². The summed E-state index contributed by atoms with van der Waals surface area (Å²) in [5.41, 5.74) is 1.20. The van der Waals surface area contributed by atoms with Gasteiger partial charge >= 0.3 is 0 Å². The highest BCUT2D eigenvalue weighted by atomic mass is 35.5. The van der Waals surface area contributed by atoms with Crippen molar-refractivity contribution in [3.05, 3.63) is 112 Å². The second-order valence-corrected chi connectivity index (χ2v) is 9.89. The topological polar surface area (TPSA) is 87.5 Å². The molecule has 1 aromatic heterocycles. The van der Waals surface area contributed by atoms with Crippen molar-refractivity contribution in [1.29, 1.82) is 0 Å². The van der Waals surface area contributed by atoms with Crippen LogP contribution in [0.2, 0.25) is 5.15 Å². The third-order valence-corrected chi connectivity index (χ3v) is 7.40. The zero-order chi connectivity index (χ0) is 28.6. The van der Waals surface area contributed by atoms with Crippen molar-refractivity contribution in [2.24, 2.45) is 4.99 Å². The Bertz CT molecular complexity index is 1490. The number of methoxy groups -OCH3 is 2. The maximum Gasteiger partial charge on any atom is 0.261 e. The summed E-state index contributed by atoms with van der Waals surface area (Å²) in [4.78, 5) is 25.5. The lowest BCUT2D eigenvalue weighted by atomic mass is 9.98. The van der Waals surface area contributed by atoms with E-state index in [2.05, 4.69) is 16.6 Å². The summed E-state index contributed by atoms with van der Waals surface area (Å²) in [6, 6.07) is 6.71. The van der Waals surface area contributed by atoms with Crippen molar-refractivity contribution in [3.63, 3.8) is 0 Å². The first-order valence-electron chi connectivity index (χ1n) is 12.6. The predicted octanol–water partition coefficient (Wildman–Crippen LogP) is 5.21. The predicted molar refractivity (Wildman–Crippen MR) is 145 cm³/mol. The van der Waals surface area contributed by atoms with E-state index >= 15 is 0 Å². The van der Waals surface area contributed by atoms with Gasteiger partial charge in [0.2, 0.25) is 5.88 Å². The number of hydrogen-bond acceptors (Lipinski definition) is 7. The smallest absolute Gasteiger partial charge is 0.261 e. The second kappa shape index (κ2) is 11.2. The van der Waals surface area contributed by atoms with E-state index in [4.69, 9.17) is 21.1 Å². The van der Waals surface area contributed by atoms with Crippen LogP contribution in [-0.2, 0) is 14.3 Å². The molecule has 0 bridgehead atoms. The van der Waals surface area contributed by atoms with Gasteiger partial charge in [-0.1, -0.05) is 30.3 Å². The molecule has 2 aromatic rings. The number of aromatic nitrogens is 1. The van der Waals surface area contributed by atoms with E-state index in [1.807, 2.05) is 6.08 Å². The zero-order valence-electron chi connectivity index (χ0n) is 21.9. The molecule has 3 aliphatic rings. The number of rotatable bonds is 6. The number of aliphatic imine (C=N–C) groups is 1. The molecule has 11 heteroatoms. The number of hydrogen-bond donors (Lipinski definition) is 1. The van der Waals surface area contributed by atoms with Gasteiger partial charge in [-0.05, 0) is 42.7 Å². The minimum absolute atomic E-state index is 0.0417. The van der Waals surface area contributed by atoms with Gasteiger partial charge in [-0.15, -0.1) is 0 Å². The van der Waals surface area contributed by atoms with Crippen LogP contribution in [0.5, 0.6) is 0 Å². The van der Waals surface area contributed by atoms with E-state index < -0.39 is 29.5 Å². The van der Waals surface area contributed by atoms with E-state index in [1.165, 1.54) is 42.3 Å². The third-order valence-electron chi connectivity index (χ3n) is 7.18. The molecule has 1 aliphatic carbocycles. The van der Waals surface area contributed by atoms with Gasteiger partial charge in [0.05, 0.1) is 18.5 Å². The molecule has 0 radical (unpaired) electrons. The van der Waals surface area contributed by atoms with Gasteiger partial charge in [0.15, 0.2) is 0 Å². The lowest BCUT2D eigenvalue weighted by Crippen LogP contribution is -2.43. The van der Waals surface area contributed by atoms with Gasteiger partial charge in [-0.3, -0.25) is 9.69 Å². The van der Waals surface area contributed by atoms with Crippen LogP contribution in [0.1, 0.15) is 29.9 Å². The van der Waals surface area contributed by atoms with E-state index in [-0.39, 0.29) is 34.7 Å². The quantitative estimate of drug-likeness (QED) is 0.482. The Hall–Kier alpha value is -4.02. The number of pyridine rings is 1. The number of likely N-dealkylation sites (tertiary alicyclic amines) is 1. The molecule has 3 heterocycles. The number of aliphatic hydroxyl groups excluding tert-OH is 1. The first-order valence-corrected chi connectivity index (χ1v) is 13.0. The van der Waals surface area contributed by atoms with Crippen molar-refractivity contribution in [3.8, 4) is 0 Å². The Balaban J connectivity index is 1.55. The molecule has 1 saturated heterocycles.